The lowest BCUT2D eigenvalue weighted by atomic mass is 10.4. The molecule has 0 unspecified atom stereocenters. The van der Waals surface area contributed by atoms with Crippen LogP contribution in [0.2, 0.25) is 0 Å². The molecule has 94 valence electrons. The molecule has 2 rings (SSSR count). The lowest BCUT2D eigenvalue weighted by Gasteiger charge is -2.13. The van der Waals surface area contributed by atoms with Crippen LogP contribution in [0.3, 0.4) is 0 Å². The van der Waals surface area contributed by atoms with E-state index in [2.05, 4.69) is 33.1 Å². The van der Waals surface area contributed by atoms with Gasteiger partial charge in [-0.05, 0) is 32.8 Å². The van der Waals surface area contributed by atoms with Crippen molar-refractivity contribution in [1.82, 2.24) is 15.1 Å². The predicted octanol–water partition coefficient (Wildman–Crippen LogP) is 1.97. The Hall–Kier alpha value is -0.970. The van der Waals surface area contributed by atoms with Gasteiger partial charge in [-0.15, -0.1) is 0 Å². The molecule has 0 atom stereocenters. The molecular formula is C12H20N4S. The summed E-state index contributed by atoms with van der Waals surface area (Å²) >= 11 is 1.83. The molecule has 1 aromatic heterocycles. The second kappa shape index (κ2) is 6.10. The molecule has 0 spiro atoms. The van der Waals surface area contributed by atoms with Crippen LogP contribution in [0.1, 0.15) is 24.2 Å². The minimum Gasteiger partial charge on any atom is -0.365 e. The Morgan fingerprint density at radius 3 is 3.00 bits per heavy atom. The molecule has 0 aliphatic carbocycles. The van der Waals surface area contributed by atoms with Gasteiger partial charge in [0, 0.05) is 31.1 Å². The number of nitrogens with one attached hydrogen (secondary N) is 1. The third kappa shape index (κ3) is 3.77. The van der Waals surface area contributed by atoms with Crippen molar-refractivity contribution < 1.29 is 0 Å². The molecule has 2 heterocycles. The summed E-state index contributed by atoms with van der Waals surface area (Å²) in [7, 11) is 0. The van der Waals surface area contributed by atoms with Crippen molar-refractivity contribution in [3.05, 3.63) is 17.5 Å². The van der Waals surface area contributed by atoms with Crippen molar-refractivity contribution in [2.24, 2.45) is 4.99 Å². The van der Waals surface area contributed by atoms with Gasteiger partial charge in [-0.2, -0.15) is 5.10 Å². The second-order valence-electron chi connectivity index (χ2n) is 4.32. The molecule has 5 heteroatoms. The SMILES string of the molecule is Cc1cc(C)n(CCCNC2=NCCCS2)n1. The Morgan fingerprint density at radius 2 is 2.35 bits per heavy atom. The maximum Gasteiger partial charge on any atom is 0.156 e. The van der Waals surface area contributed by atoms with Crippen LogP contribution in [0.15, 0.2) is 11.1 Å². The number of aryl methyl sites for hydroxylation is 3. The minimum absolute atomic E-state index is 0.976. The molecule has 0 fully saturated rings. The number of amidine groups is 1. The van der Waals surface area contributed by atoms with Crippen molar-refractivity contribution in [3.63, 3.8) is 0 Å². The van der Waals surface area contributed by atoms with E-state index in [0.29, 0.717) is 0 Å². The first-order valence-electron chi connectivity index (χ1n) is 6.18. The van der Waals surface area contributed by atoms with E-state index in [1.165, 1.54) is 17.9 Å². The van der Waals surface area contributed by atoms with Crippen LogP contribution >= 0.6 is 11.8 Å². The van der Waals surface area contributed by atoms with Crippen LogP contribution in [0, 0.1) is 13.8 Å². The van der Waals surface area contributed by atoms with Crippen LogP contribution in [0.5, 0.6) is 0 Å². The monoisotopic (exact) mass is 252 g/mol. The van der Waals surface area contributed by atoms with Crippen LogP contribution in [-0.2, 0) is 6.54 Å². The van der Waals surface area contributed by atoms with Gasteiger partial charge in [0.05, 0.1) is 5.69 Å². The quantitative estimate of drug-likeness (QED) is 0.833. The van der Waals surface area contributed by atoms with Crippen molar-refractivity contribution in [3.8, 4) is 0 Å². The number of nitrogens with zero attached hydrogens (tertiary/aromatic N) is 3. The largest absolute Gasteiger partial charge is 0.365 e. The second-order valence-corrected chi connectivity index (χ2v) is 5.40. The molecule has 0 aromatic carbocycles. The Kier molecular flexibility index (Phi) is 4.48. The number of aromatic nitrogens is 2. The van der Waals surface area contributed by atoms with Crippen LogP contribution < -0.4 is 5.32 Å². The lowest BCUT2D eigenvalue weighted by Crippen LogP contribution is -2.25. The Labute approximate surface area is 107 Å². The van der Waals surface area contributed by atoms with Crippen LogP contribution in [-0.4, -0.2) is 33.8 Å². The fraction of sp³-hybridized carbons (Fsp3) is 0.667. The molecule has 1 N–H and O–H groups in total. The molecule has 1 aromatic rings. The fourth-order valence-corrected chi connectivity index (χ4v) is 2.75. The maximum atomic E-state index is 4.45. The standard InChI is InChI=1S/C12H20N4S/c1-10-9-11(2)16(15-10)7-3-5-13-12-14-6-4-8-17-12/h9H,3-8H2,1-2H3,(H,13,14). The molecule has 1 aliphatic rings. The van der Waals surface area contributed by atoms with Gasteiger partial charge in [0.2, 0.25) is 0 Å². The zero-order chi connectivity index (χ0) is 12.1. The number of thioether (sulfide) groups is 1. The number of rotatable bonds is 4. The first kappa shape index (κ1) is 12.5. The topological polar surface area (TPSA) is 42.2 Å². The molecule has 1 aliphatic heterocycles. The highest BCUT2D eigenvalue weighted by Gasteiger charge is 2.05. The van der Waals surface area contributed by atoms with E-state index in [0.717, 1.165) is 36.9 Å². The molecule has 0 saturated carbocycles. The zero-order valence-corrected chi connectivity index (χ0v) is 11.4. The maximum absolute atomic E-state index is 4.45. The van der Waals surface area contributed by atoms with Gasteiger partial charge in [-0.25, -0.2) is 0 Å². The van der Waals surface area contributed by atoms with Gasteiger partial charge in [0.25, 0.3) is 0 Å². The molecule has 17 heavy (non-hydrogen) atoms. The van der Waals surface area contributed by atoms with Gasteiger partial charge in [-0.1, -0.05) is 11.8 Å². The van der Waals surface area contributed by atoms with E-state index in [1.54, 1.807) is 0 Å². The van der Waals surface area contributed by atoms with E-state index in [1.807, 2.05) is 18.7 Å². The van der Waals surface area contributed by atoms with Gasteiger partial charge in [0.15, 0.2) is 5.17 Å². The Balaban J connectivity index is 1.69. The zero-order valence-electron chi connectivity index (χ0n) is 10.6. The summed E-state index contributed by atoms with van der Waals surface area (Å²) in [5, 5.41) is 8.95. The van der Waals surface area contributed by atoms with E-state index < -0.39 is 0 Å². The highest BCUT2D eigenvalue weighted by molar-refractivity contribution is 8.13. The third-order valence-electron chi connectivity index (χ3n) is 2.72. The summed E-state index contributed by atoms with van der Waals surface area (Å²) in [6.45, 7) is 7.07. The summed E-state index contributed by atoms with van der Waals surface area (Å²) in [5.41, 5.74) is 2.34. The van der Waals surface area contributed by atoms with Crippen molar-refractivity contribution in [2.75, 3.05) is 18.8 Å². The smallest absolute Gasteiger partial charge is 0.156 e. The van der Waals surface area contributed by atoms with E-state index >= 15 is 0 Å². The normalized spacial score (nSPS) is 15.8. The Bertz CT molecular complexity index is 397. The van der Waals surface area contributed by atoms with Gasteiger partial charge >= 0.3 is 0 Å². The number of hydrogen-bond donors (Lipinski definition) is 1. The van der Waals surface area contributed by atoms with Crippen molar-refractivity contribution >= 4 is 16.9 Å². The molecular weight excluding hydrogens is 232 g/mol. The average molecular weight is 252 g/mol. The molecule has 0 saturated heterocycles. The van der Waals surface area contributed by atoms with E-state index in [9.17, 15) is 0 Å². The minimum atomic E-state index is 0.976. The summed E-state index contributed by atoms with van der Waals surface area (Å²) in [6.07, 6.45) is 2.29. The first-order valence-corrected chi connectivity index (χ1v) is 7.16. The number of aliphatic imine (C=N–C) groups is 1. The van der Waals surface area contributed by atoms with Gasteiger partial charge in [-0.3, -0.25) is 9.67 Å². The Morgan fingerprint density at radius 1 is 1.47 bits per heavy atom. The summed E-state index contributed by atoms with van der Waals surface area (Å²) < 4.78 is 2.08. The summed E-state index contributed by atoms with van der Waals surface area (Å²) in [6, 6.07) is 2.12. The van der Waals surface area contributed by atoms with Crippen LogP contribution in [0.4, 0.5) is 0 Å². The highest BCUT2D eigenvalue weighted by Crippen LogP contribution is 2.10. The molecule has 4 nitrogen and oxygen atoms in total. The highest BCUT2D eigenvalue weighted by atomic mass is 32.2. The van der Waals surface area contributed by atoms with E-state index in [-0.39, 0.29) is 0 Å². The summed E-state index contributed by atoms with van der Waals surface area (Å²) in [5.74, 6) is 1.20. The summed E-state index contributed by atoms with van der Waals surface area (Å²) in [4.78, 5) is 4.44. The van der Waals surface area contributed by atoms with Crippen molar-refractivity contribution in [2.45, 2.75) is 33.2 Å². The van der Waals surface area contributed by atoms with Crippen molar-refractivity contribution in [1.29, 1.82) is 0 Å². The molecule has 0 bridgehead atoms. The predicted molar refractivity (Wildman–Crippen MR) is 73.7 cm³/mol. The third-order valence-corrected chi connectivity index (χ3v) is 3.76. The lowest BCUT2D eigenvalue weighted by molar-refractivity contribution is 0.558. The van der Waals surface area contributed by atoms with Gasteiger partial charge in [0.1, 0.15) is 0 Å². The first-order chi connectivity index (χ1) is 8.25. The molecule has 0 amide bonds. The molecule has 0 radical (unpaired) electrons. The van der Waals surface area contributed by atoms with Gasteiger partial charge < -0.3 is 5.32 Å². The van der Waals surface area contributed by atoms with E-state index in [4.69, 9.17) is 0 Å². The fourth-order valence-electron chi connectivity index (χ4n) is 1.89. The number of hydrogen-bond acceptors (Lipinski definition) is 4. The average Bonchev–Trinajstić information content (AvgIpc) is 2.65. The van der Waals surface area contributed by atoms with Crippen LogP contribution in [0.25, 0.3) is 0 Å².